The number of ether oxygens (including phenoxy) is 1. The highest BCUT2D eigenvalue weighted by Gasteiger charge is 2.28. The smallest absolute Gasteiger partial charge is 0.314 e. The van der Waals surface area contributed by atoms with E-state index in [1.807, 2.05) is 44.2 Å². The number of likely N-dealkylation sites (N-methyl/N-ethyl adjacent to an activating group) is 2. The van der Waals surface area contributed by atoms with E-state index in [-0.39, 0.29) is 25.0 Å². The van der Waals surface area contributed by atoms with Crippen molar-refractivity contribution >= 4 is 17.8 Å². The van der Waals surface area contributed by atoms with Gasteiger partial charge in [0.1, 0.15) is 0 Å². The van der Waals surface area contributed by atoms with Crippen LogP contribution in [0.3, 0.4) is 0 Å². The lowest BCUT2D eigenvalue weighted by Crippen LogP contribution is -2.39. The van der Waals surface area contributed by atoms with Gasteiger partial charge in [-0.2, -0.15) is 0 Å². The molecule has 2 amide bonds. The highest BCUT2D eigenvalue weighted by atomic mass is 16.5. The SMILES string of the molecule is CC[C@@H](C)[C@H](C(=O)OCC(=O)N(C)CC(=O)NC)c1ccccc1. The van der Waals surface area contributed by atoms with E-state index in [9.17, 15) is 14.4 Å². The molecular weight excluding hydrogens is 308 g/mol. The van der Waals surface area contributed by atoms with Crippen LogP contribution in [0.1, 0.15) is 31.7 Å². The van der Waals surface area contributed by atoms with E-state index >= 15 is 0 Å². The van der Waals surface area contributed by atoms with Crippen LogP contribution in [-0.4, -0.2) is 49.9 Å². The Bertz CT molecular complexity index is 559. The van der Waals surface area contributed by atoms with Crippen LogP contribution in [0.15, 0.2) is 30.3 Å². The Morgan fingerprint density at radius 1 is 1.21 bits per heavy atom. The highest BCUT2D eigenvalue weighted by molar-refractivity contribution is 5.87. The fourth-order valence-electron chi connectivity index (χ4n) is 2.31. The van der Waals surface area contributed by atoms with Crippen molar-refractivity contribution in [3.63, 3.8) is 0 Å². The minimum atomic E-state index is -0.419. The van der Waals surface area contributed by atoms with Crippen molar-refractivity contribution in [1.29, 1.82) is 0 Å². The van der Waals surface area contributed by atoms with Gasteiger partial charge >= 0.3 is 5.97 Å². The van der Waals surface area contributed by atoms with Gasteiger partial charge in [-0.1, -0.05) is 50.6 Å². The summed E-state index contributed by atoms with van der Waals surface area (Å²) in [4.78, 5) is 36.9. The molecule has 2 atom stereocenters. The van der Waals surface area contributed by atoms with Crippen LogP contribution in [0.2, 0.25) is 0 Å². The van der Waals surface area contributed by atoms with Crippen molar-refractivity contribution in [3.05, 3.63) is 35.9 Å². The van der Waals surface area contributed by atoms with E-state index < -0.39 is 17.8 Å². The van der Waals surface area contributed by atoms with Crippen LogP contribution in [0.4, 0.5) is 0 Å². The van der Waals surface area contributed by atoms with Gasteiger partial charge in [0.15, 0.2) is 6.61 Å². The summed E-state index contributed by atoms with van der Waals surface area (Å²) in [6.07, 6.45) is 0.819. The van der Waals surface area contributed by atoms with E-state index in [4.69, 9.17) is 4.74 Å². The van der Waals surface area contributed by atoms with Crippen molar-refractivity contribution in [1.82, 2.24) is 10.2 Å². The first-order valence-electron chi connectivity index (χ1n) is 8.06. The molecule has 0 fully saturated rings. The van der Waals surface area contributed by atoms with Gasteiger partial charge in [-0.3, -0.25) is 14.4 Å². The van der Waals surface area contributed by atoms with E-state index in [2.05, 4.69) is 5.32 Å². The summed E-state index contributed by atoms with van der Waals surface area (Å²) in [6.45, 7) is 3.56. The average Bonchev–Trinajstić information content (AvgIpc) is 2.60. The number of carbonyl (C=O) groups excluding carboxylic acids is 3. The van der Waals surface area contributed by atoms with Crippen LogP contribution in [0.5, 0.6) is 0 Å². The van der Waals surface area contributed by atoms with Crippen LogP contribution < -0.4 is 5.32 Å². The second kappa shape index (κ2) is 9.70. The van der Waals surface area contributed by atoms with Gasteiger partial charge in [0.2, 0.25) is 5.91 Å². The summed E-state index contributed by atoms with van der Waals surface area (Å²) < 4.78 is 5.22. The second-order valence-corrected chi connectivity index (χ2v) is 5.80. The number of rotatable bonds is 8. The first-order valence-corrected chi connectivity index (χ1v) is 8.06. The minimum absolute atomic E-state index is 0.0691. The standard InChI is InChI=1S/C18H26N2O4/c1-5-13(2)17(14-9-7-6-8-10-14)18(23)24-12-16(22)20(4)11-15(21)19-3/h6-10,13,17H,5,11-12H2,1-4H3,(H,19,21)/t13-,17+/m1/s1. The molecule has 6 nitrogen and oxygen atoms in total. The van der Waals surface area contributed by atoms with Crippen LogP contribution in [0.25, 0.3) is 0 Å². The molecule has 0 spiro atoms. The third kappa shape index (κ3) is 5.68. The Morgan fingerprint density at radius 3 is 2.38 bits per heavy atom. The topological polar surface area (TPSA) is 75.7 Å². The lowest BCUT2D eigenvalue weighted by Gasteiger charge is -2.22. The van der Waals surface area contributed by atoms with E-state index in [0.717, 1.165) is 12.0 Å². The van der Waals surface area contributed by atoms with Gasteiger partial charge in [-0.25, -0.2) is 0 Å². The maximum Gasteiger partial charge on any atom is 0.314 e. The van der Waals surface area contributed by atoms with Crippen molar-refractivity contribution in [2.24, 2.45) is 5.92 Å². The summed E-state index contributed by atoms with van der Waals surface area (Å²) in [6, 6.07) is 9.41. The predicted molar refractivity (Wildman–Crippen MR) is 91.3 cm³/mol. The van der Waals surface area contributed by atoms with E-state index in [0.29, 0.717) is 0 Å². The molecule has 0 bridgehead atoms. The molecule has 0 aliphatic heterocycles. The van der Waals surface area contributed by atoms with Crippen LogP contribution in [-0.2, 0) is 19.1 Å². The third-order valence-electron chi connectivity index (χ3n) is 4.05. The zero-order valence-electron chi connectivity index (χ0n) is 14.7. The Balaban J connectivity index is 2.69. The fourth-order valence-corrected chi connectivity index (χ4v) is 2.31. The number of benzene rings is 1. The van der Waals surface area contributed by atoms with Crippen LogP contribution >= 0.6 is 0 Å². The van der Waals surface area contributed by atoms with Crippen LogP contribution in [0, 0.1) is 5.92 Å². The van der Waals surface area contributed by atoms with Gasteiger partial charge < -0.3 is 15.0 Å². The number of esters is 1. The number of hydrogen-bond acceptors (Lipinski definition) is 4. The maximum absolute atomic E-state index is 12.5. The number of amides is 2. The van der Waals surface area contributed by atoms with Gasteiger partial charge in [0.05, 0.1) is 12.5 Å². The second-order valence-electron chi connectivity index (χ2n) is 5.80. The number of carbonyl (C=O) groups is 3. The molecule has 132 valence electrons. The lowest BCUT2D eigenvalue weighted by molar-refractivity contribution is -0.154. The quantitative estimate of drug-likeness (QED) is 0.732. The molecule has 24 heavy (non-hydrogen) atoms. The first-order chi connectivity index (χ1) is 11.4. The lowest BCUT2D eigenvalue weighted by atomic mass is 9.86. The van der Waals surface area contributed by atoms with Gasteiger partial charge in [0.25, 0.3) is 5.91 Å². The van der Waals surface area contributed by atoms with Gasteiger partial charge in [-0.05, 0) is 11.5 Å². The van der Waals surface area contributed by atoms with Gasteiger partial charge in [0, 0.05) is 14.1 Å². The van der Waals surface area contributed by atoms with Gasteiger partial charge in [-0.15, -0.1) is 0 Å². The van der Waals surface area contributed by atoms with Crippen molar-refractivity contribution in [2.75, 3.05) is 27.2 Å². The number of hydrogen-bond donors (Lipinski definition) is 1. The van der Waals surface area contributed by atoms with E-state index in [1.54, 1.807) is 0 Å². The summed E-state index contributed by atoms with van der Waals surface area (Å²) in [5.74, 6) is -1.43. The molecule has 0 saturated carbocycles. The summed E-state index contributed by atoms with van der Waals surface area (Å²) in [5, 5.41) is 2.44. The molecule has 0 radical (unpaired) electrons. The zero-order chi connectivity index (χ0) is 18.1. The summed E-state index contributed by atoms with van der Waals surface area (Å²) in [7, 11) is 2.99. The fraction of sp³-hybridized carbons (Fsp3) is 0.500. The molecule has 1 rings (SSSR count). The molecule has 1 N–H and O–H groups in total. The molecule has 1 aromatic carbocycles. The number of nitrogens with one attached hydrogen (secondary N) is 1. The molecular formula is C18H26N2O4. The molecule has 0 aliphatic rings. The number of nitrogens with zero attached hydrogens (tertiary/aromatic N) is 1. The highest BCUT2D eigenvalue weighted by Crippen LogP contribution is 2.28. The Kier molecular flexibility index (Phi) is 7.95. The largest absolute Gasteiger partial charge is 0.455 e. The zero-order valence-corrected chi connectivity index (χ0v) is 14.7. The third-order valence-corrected chi connectivity index (χ3v) is 4.05. The average molecular weight is 334 g/mol. The normalized spacial score (nSPS) is 12.8. The van der Waals surface area contributed by atoms with Crippen molar-refractivity contribution in [3.8, 4) is 0 Å². The molecule has 0 saturated heterocycles. The molecule has 6 heteroatoms. The summed E-state index contributed by atoms with van der Waals surface area (Å²) >= 11 is 0. The molecule has 0 unspecified atom stereocenters. The Labute approximate surface area is 143 Å². The predicted octanol–water partition coefficient (Wildman–Crippen LogP) is 1.56. The molecule has 1 aromatic rings. The van der Waals surface area contributed by atoms with E-state index in [1.165, 1.54) is 19.0 Å². The van der Waals surface area contributed by atoms with Crippen molar-refractivity contribution < 1.29 is 19.1 Å². The monoisotopic (exact) mass is 334 g/mol. The molecule has 0 aromatic heterocycles. The first kappa shape index (κ1) is 19.7. The minimum Gasteiger partial charge on any atom is -0.455 e. The Hall–Kier alpha value is -2.37. The molecule has 0 aliphatic carbocycles. The summed E-state index contributed by atoms with van der Waals surface area (Å²) in [5.41, 5.74) is 0.878. The molecule has 0 heterocycles. The van der Waals surface area contributed by atoms with Crippen molar-refractivity contribution in [2.45, 2.75) is 26.2 Å². The Morgan fingerprint density at radius 2 is 1.83 bits per heavy atom. The maximum atomic E-state index is 12.5.